The van der Waals surface area contributed by atoms with Crippen LogP contribution < -0.4 is 20.9 Å². The normalized spacial score (nSPS) is 21.1. The Morgan fingerprint density at radius 1 is 1.21 bits per heavy atom. The van der Waals surface area contributed by atoms with E-state index in [2.05, 4.69) is 55.5 Å². The van der Waals surface area contributed by atoms with Crippen LogP contribution in [-0.2, 0) is 6.42 Å². The predicted molar refractivity (Wildman–Crippen MR) is 114 cm³/mol. The molecule has 2 aliphatic heterocycles. The lowest BCUT2D eigenvalue weighted by Gasteiger charge is -2.28. The largest absolute Gasteiger partial charge is 0.363 e. The molecule has 1 aromatic carbocycles. The minimum atomic E-state index is -0.153. The average molecular weight is 396 g/mol. The van der Waals surface area contributed by atoms with Crippen LogP contribution in [0.5, 0.6) is 0 Å². The van der Waals surface area contributed by atoms with E-state index in [0.717, 1.165) is 24.9 Å². The Morgan fingerprint density at radius 3 is 2.86 bits per heavy atom. The number of hydrogen-bond donors (Lipinski definition) is 3. The summed E-state index contributed by atoms with van der Waals surface area (Å²) in [5, 5.41) is 11.5. The van der Waals surface area contributed by atoms with E-state index in [0.29, 0.717) is 12.6 Å². The van der Waals surface area contributed by atoms with Crippen LogP contribution in [0, 0.1) is 0 Å². The number of nitrogens with one attached hydrogen (secondary N) is 3. The van der Waals surface area contributed by atoms with E-state index in [-0.39, 0.29) is 11.5 Å². The highest BCUT2D eigenvalue weighted by Gasteiger charge is 2.32. The van der Waals surface area contributed by atoms with Gasteiger partial charge in [0.2, 0.25) is 0 Å². The number of nitrogens with zero attached hydrogens (tertiary/aromatic N) is 2. The minimum Gasteiger partial charge on any atom is -0.363 e. The number of amides is 2. The Balaban J connectivity index is 1.24. The summed E-state index contributed by atoms with van der Waals surface area (Å²) in [4.78, 5) is 18.6. The highest BCUT2D eigenvalue weighted by molar-refractivity contribution is 8.02. The van der Waals surface area contributed by atoms with Crippen molar-refractivity contribution >= 4 is 23.5 Å². The molecule has 1 aromatic heterocycles. The number of benzene rings is 1. The molecule has 2 aromatic rings. The highest BCUT2D eigenvalue weighted by atomic mass is 32.2. The quantitative estimate of drug-likeness (QED) is 0.701. The molecule has 2 aliphatic rings. The second-order valence-corrected chi connectivity index (χ2v) is 7.91. The van der Waals surface area contributed by atoms with Crippen molar-refractivity contribution in [2.24, 2.45) is 0 Å². The Hall–Kier alpha value is -2.67. The number of pyridine rings is 1. The van der Waals surface area contributed by atoms with Crippen molar-refractivity contribution in [1.82, 2.24) is 20.9 Å². The van der Waals surface area contributed by atoms with Crippen molar-refractivity contribution in [3.8, 4) is 0 Å². The van der Waals surface area contributed by atoms with Gasteiger partial charge in [-0.2, -0.15) is 0 Å². The maximum Gasteiger partial charge on any atom is 0.317 e. The third-order valence-electron chi connectivity index (χ3n) is 5.04. The van der Waals surface area contributed by atoms with Gasteiger partial charge in [0, 0.05) is 36.9 Å². The van der Waals surface area contributed by atoms with E-state index in [1.807, 2.05) is 18.2 Å². The Bertz CT molecular complexity index is 814. The summed E-state index contributed by atoms with van der Waals surface area (Å²) in [5.41, 5.74) is 3.47. The number of aromatic nitrogens is 1. The fourth-order valence-electron chi connectivity index (χ4n) is 3.66. The molecule has 0 aliphatic carbocycles. The Morgan fingerprint density at radius 2 is 2.04 bits per heavy atom. The summed E-state index contributed by atoms with van der Waals surface area (Å²) >= 11 is 1.61. The number of para-hydroxylation sites is 1. The standard InChI is InChI=1S/C21H25N5OS/c27-20(23-13-10-16-8-11-22-12-9-16)25-21-24-18(15-28-21)19-7-4-14-26(19)17-5-2-1-3-6-17/h1-3,5-6,8-9,11-12,15,19,21,24H,4,7,10,13-14H2,(H2,23,25,27). The summed E-state index contributed by atoms with van der Waals surface area (Å²) in [6.45, 7) is 1.66. The van der Waals surface area contributed by atoms with Gasteiger partial charge in [0.25, 0.3) is 0 Å². The first-order valence-electron chi connectivity index (χ1n) is 9.66. The van der Waals surface area contributed by atoms with Crippen LogP contribution in [0.25, 0.3) is 0 Å². The highest BCUT2D eigenvalue weighted by Crippen LogP contribution is 2.32. The zero-order chi connectivity index (χ0) is 19.2. The molecule has 2 atom stereocenters. The van der Waals surface area contributed by atoms with E-state index >= 15 is 0 Å². The maximum absolute atomic E-state index is 12.2. The predicted octanol–water partition coefficient (Wildman–Crippen LogP) is 3.05. The second kappa shape index (κ2) is 9.01. The molecule has 7 heteroatoms. The van der Waals surface area contributed by atoms with Gasteiger partial charge in [-0.1, -0.05) is 30.0 Å². The Labute approximate surface area is 169 Å². The number of carbonyl (C=O) groups is 1. The van der Waals surface area contributed by atoms with E-state index in [1.54, 1.807) is 24.2 Å². The average Bonchev–Trinajstić information content (AvgIpc) is 3.39. The van der Waals surface area contributed by atoms with Gasteiger partial charge in [-0.15, -0.1) is 0 Å². The van der Waals surface area contributed by atoms with Gasteiger partial charge in [-0.05, 0) is 54.5 Å². The lowest BCUT2D eigenvalue weighted by atomic mass is 10.1. The molecule has 4 rings (SSSR count). The van der Waals surface area contributed by atoms with Gasteiger partial charge >= 0.3 is 6.03 Å². The molecular weight excluding hydrogens is 370 g/mol. The number of urea groups is 1. The maximum atomic E-state index is 12.2. The van der Waals surface area contributed by atoms with Crippen LogP contribution in [0.2, 0.25) is 0 Å². The van der Waals surface area contributed by atoms with Crippen LogP contribution in [0.1, 0.15) is 18.4 Å². The van der Waals surface area contributed by atoms with Gasteiger partial charge < -0.3 is 20.9 Å². The summed E-state index contributed by atoms with van der Waals surface area (Å²) in [6.07, 6.45) is 6.63. The van der Waals surface area contributed by atoms with Gasteiger partial charge in [-0.3, -0.25) is 4.98 Å². The molecule has 146 valence electrons. The SMILES string of the molecule is O=C(NCCc1ccncc1)NC1NC(C2CCCN2c2ccccc2)=CS1. The number of hydrogen-bond acceptors (Lipinski definition) is 5. The molecule has 0 saturated carbocycles. The lowest BCUT2D eigenvalue weighted by molar-refractivity contribution is 0.239. The van der Waals surface area contributed by atoms with Gasteiger partial charge in [0.15, 0.2) is 5.50 Å². The van der Waals surface area contributed by atoms with E-state index in [9.17, 15) is 4.79 Å². The smallest absolute Gasteiger partial charge is 0.317 e. The van der Waals surface area contributed by atoms with Crippen LogP contribution >= 0.6 is 11.8 Å². The molecule has 0 bridgehead atoms. The van der Waals surface area contributed by atoms with Crippen molar-refractivity contribution in [3.63, 3.8) is 0 Å². The van der Waals surface area contributed by atoms with Crippen molar-refractivity contribution < 1.29 is 4.79 Å². The summed E-state index contributed by atoms with van der Waals surface area (Å²) in [7, 11) is 0. The van der Waals surface area contributed by atoms with E-state index < -0.39 is 0 Å². The van der Waals surface area contributed by atoms with Crippen LogP contribution in [-0.4, -0.2) is 35.6 Å². The molecule has 1 saturated heterocycles. The molecule has 2 unspecified atom stereocenters. The molecule has 0 radical (unpaired) electrons. The number of anilines is 1. The first-order valence-corrected chi connectivity index (χ1v) is 10.6. The summed E-state index contributed by atoms with van der Waals surface area (Å²) < 4.78 is 0. The minimum absolute atomic E-state index is 0.130. The number of rotatable bonds is 6. The topological polar surface area (TPSA) is 69.3 Å². The summed E-state index contributed by atoms with van der Waals surface area (Å²) in [5.74, 6) is 0. The van der Waals surface area contributed by atoms with Crippen LogP contribution in [0.4, 0.5) is 10.5 Å². The lowest BCUT2D eigenvalue weighted by Crippen LogP contribution is -2.47. The molecule has 6 nitrogen and oxygen atoms in total. The van der Waals surface area contributed by atoms with Crippen molar-refractivity contribution in [2.45, 2.75) is 30.8 Å². The van der Waals surface area contributed by atoms with Gasteiger partial charge in [0.1, 0.15) is 0 Å². The molecule has 1 fully saturated rings. The molecule has 28 heavy (non-hydrogen) atoms. The van der Waals surface area contributed by atoms with Gasteiger partial charge in [0.05, 0.1) is 6.04 Å². The van der Waals surface area contributed by atoms with Crippen molar-refractivity contribution in [2.75, 3.05) is 18.0 Å². The zero-order valence-electron chi connectivity index (χ0n) is 15.7. The van der Waals surface area contributed by atoms with Crippen LogP contribution in [0.15, 0.2) is 66.0 Å². The first-order chi connectivity index (χ1) is 13.8. The Kier molecular flexibility index (Phi) is 6.01. The second-order valence-electron chi connectivity index (χ2n) is 6.93. The monoisotopic (exact) mass is 395 g/mol. The molecular formula is C21H25N5OS. The van der Waals surface area contributed by atoms with Crippen molar-refractivity contribution in [3.05, 3.63) is 71.5 Å². The van der Waals surface area contributed by atoms with E-state index in [1.165, 1.54) is 17.8 Å². The molecule has 0 spiro atoms. The zero-order valence-corrected chi connectivity index (χ0v) is 16.5. The first kappa shape index (κ1) is 18.7. The third-order valence-corrected chi connectivity index (χ3v) is 5.94. The number of carbonyl (C=O) groups excluding carboxylic acids is 1. The van der Waals surface area contributed by atoms with Gasteiger partial charge in [-0.25, -0.2) is 4.79 Å². The fraction of sp³-hybridized carbons (Fsp3) is 0.333. The van der Waals surface area contributed by atoms with Crippen LogP contribution in [0.3, 0.4) is 0 Å². The fourth-order valence-corrected chi connectivity index (χ4v) is 4.55. The number of thioether (sulfide) groups is 1. The van der Waals surface area contributed by atoms with Crippen molar-refractivity contribution in [1.29, 1.82) is 0 Å². The summed E-state index contributed by atoms with van der Waals surface area (Å²) in [6, 6.07) is 14.6. The molecule has 3 heterocycles. The molecule has 3 N–H and O–H groups in total. The molecule has 2 amide bonds. The third kappa shape index (κ3) is 4.59. The van der Waals surface area contributed by atoms with E-state index in [4.69, 9.17) is 0 Å².